The van der Waals surface area contributed by atoms with Gasteiger partial charge < -0.3 is 14.0 Å². The molecule has 1 heterocycles. The van der Waals surface area contributed by atoms with Crippen molar-refractivity contribution in [2.24, 2.45) is 0 Å². The van der Waals surface area contributed by atoms with Crippen molar-refractivity contribution in [3.05, 3.63) is 0 Å². The molecule has 0 amide bonds. The third-order valence-corrected chi connectivity index (χ3v) is 3.19. The van der Waals surface area contributed by atoms with Crippen LogP contribution in [0.3, 0.4) is 0 Å². The molecular formula is C12H25BO3. The summed E-state index contributed by atoms with van der Waals surface area (Å²) in [6, 6.07) is 0. The molecule has 1 aliphatic rings. The lowest BCUT2D eigenvalue weighted by Crippen LogP contribution is -2.41. The molecule has 1 fully saturated rings. The molecule has 0 aromatic heterocycles. The van der Waals surface area contributed by atoms with Crippen LogP contribution in [0.1, 0.15) is 48.5 Å². The molecule has 0 radical (unpaired) electrons. The Labute approximate surface area is 100.0 Å². The predicted octanol–water partition coefficient (Wildman–Crippen LogP) is 2.89. The molecule has 0 N–H and O–H groups in total. The molecule has 16 heavy (non-hydrogen) atoms. The van der Waals surface area contributed by atoms with Gasteiger partial charge in [0.15, 0.2) is 0 Å². The highest BCUT2D eigenvalue weighted by molar-refractivity contribution is 6.45. The minimum Gasteiger partial charge on any atom is -0.403 e. The van der Waals surface area contributed by atoms with Gasteiger partial charge in [0.25, 0.3) is 0 Å². The van der Waals surface area contributed by atoms with E-state index in [9.17, 15) is 0 Å². The third-order valence-electron chi connectivity index (χ3n) is 3.19. The van der Waals surface area contributed by atoms with Crippen LogP contribution in [0.5, 0.6) is 0 Å². The van der Waals surface area contributed by atoms with Crippen LogP contribution in [0.25, 0.3) is 0 Å². The second-order valence-electron chi connectivity index (χ2n) is 6.44. The van der Waals surface area contributed by atoms with E-state index in [0.29, 0.717) is 6.61 Å². The van der Waals surface area contributed by atoms with Gasteiger partial charge in [0.2, 0.25) is 0 Å². The Balaban J connectivity index is 2.38. The van der Waals surface area contributed by atoms with E-state index >= 15 is 0 Å². The fourth-order valence-corrected chi connectivity index (χ4v) is 1.54. The Morgan fingerprint density at radius 3 is 1.81 bits per heavy atom. The summed E-state index contributed by atoms with van der Waals surface area (Å²) in [6.45, 7) is 15.1. The lowest BCUT2D eigenvalue weighted by atomic mass is 9.85. The van der Waals surface area contributed by atoms with Crippen LogP contribution >= 0.6 is 0 Å². The van der Waals surface area contributed by atoms with Crippen molar-refractivity contribution in [1.82, 2.24) is 0 Å². The van der Waals surface area contributed by atoms with Gasteiger partial charge in [-0.2, -0.15) is 0 Å². The van der Waals surface area contributed by atoms with Crippen molar-refractivity contribution in [2.45, 2.75) is 71.6 Å². The highest BCUT2D eigenvalue weighted by Gasteiger charge is 2.50. The molecule has 1 rings (SSSR count). The molecule has 0 aliphatic carbocycles. The first-order chi connectivity index (χ1) is 7.04. The first-order valence-corrected chi connectivity index (χ1v) is 6.03. The van der Waals surface area contributed by atoms with Crippen LogP contribution in [-0.4, -0.2) is 30.5 Å². The SMILES string of the molecule is CC(C)(C)OCCB1OC(C)(C)C(C)(C)O1. The fraction of sp³-hybridized carbons (Fsp3) is 1.00. The standard InChI is InChI=1S/C12H25BO3/c1-10(2,3)14-9-8-13-15-11(4,5)12(6,7)16-13/h8-9H2,1-7H3. The molecular weight excluding hydrogens is 203 g/mol. The van der Waals surface area contributed by atoms with Crippen LogP contribution in [0, 0.1) is 0 Å². The first kappa shape index (κ1) is 14.0. The largest absolute Gasteiger partial charge is 0.460 e. The van der Waals surface area contributed by atoms with Crippen molar-refractivity contribution in [3.8, 4) is 0 Å². The molecule has 0 bridgehead atoms. The average molecular weight is 228 g/mol. The van der Waals surface area contributed by atoms with Crippen molar-refractivity contribution in [1.29, 1.82) is 0 Å². The summed E-state index contributed by atoms with van der Waals surface area (Å²) in [5, 5.41) is 0. The average Bonchev–Trinajstić information content (AvgIpc) is 2.17. The molecule has 0 unspecified atom stereocenters. The minimum atomic E-state index is -0.237. The molecule has 0 atom stereocenters. The number of rotatable bonds is 3. The summed E-state index contributed by atoms with van der Waals surface area (Å²) in [6.07, 6.45) is 0.782. The van der Waals surface area contributed by atoms with Crippen molar-refractivity contribution in [2.75, 3.05) is 6.61 Å². The molecule has 0 saturated carbocycles. The normalized spacial score (nSPS) is 23.8. The number of hydrogen-bond acceptors (Lipinski definition) is 3. The maximum Gasteiger partial charge on any atom is 0.460 e. The van der Waals surface area contributed by atoms with Crippen LogP contribution in [0.4, 0.5) is 0 Å². The monoisotopic (exact) mass is 228 g/mol. The summed E-state index contributed by atoms with van der Waals surface area (Å²) >= 11 is 0. The van der Waals surface area contributed by atoms with Gasteiger partial charge in [0.1, 0.15) is 0 Å². The Hall–Kier alpha value is -0.0551. The summed E-state index contributed by atoms with van der Waals surface area (Å²) < 4.78 is 17.4. The molecule has 0 aromatic carbocycles. The van der Waals surface area contributed by atoms with Gasteiger partial charge in [0, 0.05) is 12.9 Å². The molecule has 1 aliphatic heterocycles. The highest BCUT2D eigenvalue weighted by Crippen LogP contribution is 2.37. The van der Waals surface area contributed by atoms with Crippen LogP contribution < -0.4 is 0 Å². The van der Waals surface area contributed by atoms with Crippen LogP contribution in [0.2, 0.25) is 6.32 Å². The topological polar surface area (TPSA) is 27.7 Å². The van der Waals surface area contributed by atoms with E-state index in [1.54, 1.807) is 0 Å². The molecule has 4 heteroatoms. The zero-order valence-corrected chi connectivity index (χ0v) is 11.7. The zero-order chi connectivity index (χ0) is 12.6. The van der Waals surface area contributed by atoms with Crippen molar-refractivity contribution >= 4 is 7.12 Å². The predicted molar refractivity (Wildman–Crippen MR) is 66.6 cm³/mol. The van der Waals surface area contributed by atoms with E-state index in [-0.39, 0.29) is 23.9 Å². The second kappa shape index (κ2) is 4.32. The number of ether oxygens (including phenoxy) is 1. The quantitative estimate of drug-likeness (QED) is 0.695. The second-order valence-corrected chi connectivity index (χ2v) is 6.44. The van der Waals surface area contributed by atoms with E-state index in [0.717, 1.165) is 6.32 Å². The lowest BCUT2D eigenvalue weighted by Gasteiger charge is -2.32. The Bertz CT molecular complexity index is 227. The molecule has 0 aromatic rings. The van der Waals surface area contributed by atoms with Crippen molar-refractivity contribution in [3.63, 3.8) is 0 Å². The van der Waals surface area contributed by atoms with Gasteiger partial charge in [-0.05, 0) is 48.5 Å². The summed E-state index contributed by atoms with van der Waals surface area (Å²) in [5.41, 5.74) is -0.567. The fourth-order valence-electron chi connectivity index (χ4n) is 1.54. The van der Waals surface area contributed by atoms with E-state index < -0.39 is 0 Å². The van der Waals surface area contributed by atoms with Gasteiger partial charge in [-0.25, -0.2) is 0 Å². The Morgan fingerprint density at radius 2 is 1.44 bits per heavy atom. The van der Waals surface area contributed by atoms with Crippen molar-refractivity contribution < 1.29 is 14.0 Å². The van der Waals surface area contributed by atoms with Gasteiger partial charge >= 0.3 is 7.12 Å². The Morgan fingerprint density at radius 1 is 1.00 bits per heavy atom. The van der Waals surface area contributed by atoms with Crippen LogP contribution in [0.15, 0.2) is 0 Å². The lowest BCUT2D eigenvalue weighted by molar-refractivity contribution is 0.00312. The van der Waals surface area contributed by atoms with Gasteiger partial charge in [-0.15, -0.1) is 0 Å². The zero-order valence-electron chi connectivity index (χ0n) is 11.7. The maximum absolute atomic E-state index is 5.88. The maximum atomic E-state index is 5.88. The molecule has 0 spiro atoms. The summed E-state index contributed by atoms with van der Waals surface area (Å²) in [4.78, 5) is 0. The Kier molecular flexibility index (Phi) is 3.78. The van der Waals surface area contributed by atoms with E-state index in [1.807, 2.05) is 0 Å². The minimum absolute atomic E-state index is 0.0936. The van der Waals surface area contributed by atoms with Gasteiger partial charge in [0.05, 0.1) is 16.8 Å². The summed E-state index contributed by atoms with van der Waals surface area (Å²) in [5.74, 6) is 0. The van der Waals surface area contributed by atoms with E-state index in [4.69, 9.17) is 14.0 Å². The smallest absolute Gasteiger partial charge is 0.403 e. The number of hydrogen-bond donors (Lipinski definition) is 0. The molecule has 94 valence electrons. The molecule has 1 saturated heterocycles. The van der Waals surface area contributed by atoms with E-state index in [2.05, 4.69) is 48.5 Å². The van der Waals surface area contributed by atoms with E-state index in [1.165, 1.54) is 0 Å². The van der Waals surface area contributed by atoms with Gasteiger partial charge in [-0.1, -0.05) is 0 Å². The first-order valence-electron chi connectivity index (χ1n) is 6.03. The third kappa shape index (κ3) is 3.47. The molecule has 3 nitrogen and oxygen atoms in total. The van der Waals surface area contributed by atoms with Gasteiger partial charge in [-0.3, -0.25) is 0 Å². The summed E-state index contributed by atoms with van der Waals surface area (Å²) in [7, 11) is -0.146. The highest BCUT2D eigenvalue weighted by atomic mass is 16.7. The van der Waals surface area contributed by atoms with Crippen LogP contribution in [-0.2, 0) is 14.0 Å².